The average Bonchev–Trinajstić information content (AvgIpc) is 2.99. The Morgan fingerprint density at radius 2 is 1.90 bits per heavy atom. The monoisotopic (exact) mass is 433 g/mol. The molecule has 1 amide bonds. The van der Waals surface area contributed by atoms with Gasteiger partial charge in [0.2, 0.25) is 5.91 Å². The first-order valence-electron chi connectivity index (χ1n) is 8.96. The third kappa shape index (κ3) is 4.73. The second-order valence-electron chi connectivity index (χ2n) is 6.52. The van der Waals surface area contributed by atoms with Gasteiger partial charge < -0.3 is 19.8 Å². The van der Waals surface area contributed by atoms with Crippen LogP contribution in [0.15, 0.2) is 23.0 Å². The van der Waals surface area contributed by atoms with Crippen LogP contribution >= 0.6 is 23.1 Å². The lowest BCUT2D eigenvalue weighted by Gasteiger charge is -2.13. The van der Waals surface area contributed by atoms with Crippen molar-refractivity contribution in [3.63, 3.8) is 0 Å². The third-order valence-corrected chi connectivity index (χ3v) is 6.80. The second kappa shape index (κ2) is 8.87. The number of nitrogens with zero attached hydrogens (tertiary/aromatic N) is 1. The summed E-state index contributed by atoms with van der Waals surface area (Å²) in [6, 6.07) is 5.19. The van der Waals surface area contributed by atoms with Crippen molar-refractivity contribution in [2.45, 2.75) is 31.8 Å². The Hall–Kier alpha value is -2.52. The second-order valence-corrected chi connectivity index (χ2v) is 9.05. The molecule has 2 N–H and O–H groups in total. The summed E-state index contributed by atoms with van der Waals surface area (Å²) in [6.45, 7) is 5.72. The van der Waals surface area contributed by atoms with Gasteiger partial charge in [0, 0.05) is 28.8 Å². The van der Waals surface area contributed by atoms with Gasteiger partial charge >= 0.3 is 0 Å². The van der Waals surface area contributed by atoms with Crippen molar-refractivity contribution in [3.8, 4) is 11.5 Å². The molecule has 0 saturated carbocycles. The van der Waals surface area contributed by atoms with Crippen molar-refractivity contribution < 1.29 is 14.3 Å². The van der Waals surface area contributed by atoms with Gasteiger partial charge in [0.1, 0.15) is 22.2 Å². The first-order chi connectivity index (χ1) is 13.8. The van der Waals surface area contributed by atoms with Crippen LogP contribution in [0.5, 0.6) is 11.5 Å². The van der Waals surface area contributed by atoms with E-state index >= 15 is 0 Å². The molecule has 29 heavy (non-hydrogen) atoms. The van der Waals surface area contributed by atoms with E-state index in [1.807, 2.05) is 20.8 Å². The average molecular weight is 434 g/mol. The molecule has 0 bridgehead atoms. The van der Waals surface area contributed by atoms with Crippen molar-refractivity contribution in [3.05, 3.63) is 44.8 Å². The number of aromatic amines is 1. The maximum absolute atomic E-state index is 12.6. The van der Waals surface area contributed by atoms with E-state index in [0.717, 1.165) is 15.3 Å². The van der Waals surface area contributed by atoms with E-state index in [9.17, 15) is 9.59 Å². The number of amides is 1. The molecule has 0 saturated heterocycles. The first-order valence-corrected chi connectivity index (χ1v) is 10.8. The fourth-order valence-electron chi connectivity index (χ4n) is 2.77. The predicted molar refractivity (Wildman–Crippen MR) is 119 cm³/mol. The number of carbonyl (C=O) groups excluding carboxylic acids is 1. The molecule has 0 radical (unpaired) electrons. The Balaban J connectivity index is 1.68. The highest BCUT2D eigenvalue weighted by atomic mass is 32.2. The first kappa shape index (κ1) is 21.2. The minimum Gasteiger partial charge on any atom is -0.497 e. The molecule has 0 aliphatic rings. The summed E-state index contributed by atoms with van der Waals surface area (Å²) in [5, 5.41) is 3.17. The molecule has 7 nitrogen and oxygen atoms in total. The molecule has 9 heteroatoms. The van der Waals surface area contributed by atoms with Gasteiger partial charge in [0.05, 0.1) is 30.6 Å². The number of ether oxygens (including phenoxy) is 2. The minimum absolute atomic E-state index is 0.131. The fourth-order valence-corrected chi connectivity index (χ4v) is 4.57. The van der Waals surface area contributed by atoms with Crippen molar-refractivity contribution in [1.29, 1.82) is 0 Å². The van der Waals surface area contributed by atoms with Crippen LogP contribution in [0.2, 0.25) is 0 Å². The number of nitrogens with one attached hydrogen (secondary N) is 2. The standard InChI is InChI=1S/C20H23N3O4S2/c1-10-11(2)29-20-17(10)19(25)22-16(23-20)9-28-12(3)18(24)21-13-6-14(26-4)8-15(7-13)27-5/h6-8,12H,9H2,1-5H3,(H,21,24)(H,22,23,25). The third-order valence-electron chi connectivity index (χ3n) is 4.55. The number of hydrogen-bond donors (Lipinski definition) is 2. The molecule has 3 aromatic rings. The summed E-state index contributed by atoms with van der Waals surface area (Å²) >= 11 is 2.92. The number of thioether (sulfide) groups is 1. The van der Waals surface area contributed by atoms with Gasteiger partial charge in [-0.25, -0.2) is 4.98 Å². The highest BCUT2D eigenvalue weighted by Crippen LogP contribution is 2.28. The Morgan fingerprint density at radius 1 is 1.24 bits per heavy atom. The van der Waals surface area contributed by atoms with Crippen molar-refractivity contribution in [2.75, 3.05) is 19.5 Å². The number of thiophene rings is 1. The van der Waals surface area contributed by atoms with Crippen LogP contribution in [0.4, 0.5) is 5.69 Å². The number of fused-ring (bicyclic) bond motifs is 1. The quantitative estimate of drug-likeness (QED) is 0.587. The van der Waals surface area contributed by atoms with E-state index in [1.54, 1.807) is 32.4 Å². The number of rotatable bonds is 7. The normalized spacial score (nSPS) is 12.0. The highest BCUT2D eigenvalue weighted by Gasteiger charge is 2.17. The number of methoxy groups -OCH3 is 2. The Labute approximate surface area is 176 Å². The summed E-state index contributed by atoms with van der Waals surface area (Å²) in [6.07, 6.45) is 0. The summed E-state index contributed by atoms with van der Waals surface area (Å²) in [5.41, 5.74) is 1.43. The lowest BCUT2D eigenvalue weighted by molar-refractivity contribution is -0.115. The zero-order valence-corrected chi connectivity index (χ0v) is 18.5. The zero-order valence-electron chi connectivity index (χ0n) is 16.9. The molecule has 154 valence electrons. The Morgan fingerprint density at radius 3 is 2.52 bits per heavy atom. The zero-order chi connectivity index (χ0) is 21.1. The number of hydrogen-bond acceptors (Lipinski definition) is 7. The van der Waals surface area contributed by atoms with Crippen LogP contribution in [-0.4, -0.2) is 35.3 Å². The molecule has 2 aromatic heterocycles. The van der Waals surface area contributed by atoms with Gasteiger partial charge in [-0.2, -0.15) is 0 Å². The van der Waals surface area contributed by atoms with E-state index in [2.05, 4.69) is 15.3 Å². The van der Waals surface area contributed by atoms with Gasteiger partial charge in [0.15, 0.2) is 0 Å². The topological polar surface area (TPSA) is 93.3 Å². The number of benzene rings is 1. The number of aryl methyl sites for hydroxylation is 2. The molecule has 1 unspecified atom stereocenters. The molecular weight excluding hydrogens is 410 g/mol. The molecule has 1 atom stereocenters. The Bertz CT molecular complexity index is 1080. The van der Waals surface area contributed by atoms with Gasteiger partial charge in [-0.05, 0) is 26.3 Å². The van der Waals surface area contributed by atoms with Crippen LogP contribution in [0.3, 0.4) is 0 Å². The van der Waals surface area contributed by atoms with Crippen LogP contribution < -0.4 is 20.3 Å². The Kier molecular flexibility index (Phi) is 6.49. The van der Waals surface area contributed by atoms with E-state index < -0.39 is 0 Å². The number of anilines is 1. The van der Waals surface area contributed by atoms with Gasteiger partial charge in [-0.15, -0.1) is 23.1 Å². The lowest BCUT2D eigenvalue weighted by Crippen LogP contribution is -2.23. The maximum atomic E-state index is 12.6. The minimum atomic E-state index is -0.347. The van der Waals surface area contributed by atoms with Crippen molar-refractivity contribution in [1.82, 2.24) is 9.97 Å². The SMILES string of the molecule is COc1cc(NC(=O)C(C)SCc2nc3sc(C)c(C)c3c(=O)[nH]2)cc(OC)c1. The van der Waals surface area contributed by atoms with E-state index in [-0.39, 0.29) is 16.7 Å². The van der Waals surface area contributed by atoms with E-state index in [4.69, 9.17) is 9.47 Å². The number of H-pyrrole nitrogens is 1. The predicted octanol–water partition coefficient (Wildman–Crippen LogP) is 3.88. The lowest BCUT2D eigenvalue weighted by atomic mass is 10.2. The molecular formula is C20H23N3O4S2. The van der Waals surface area contributed by atoms with Crippen molar-refractivity contribution in [2.24, 2.45) is 0 Å². The molecule has 2 heterocycles. The van der Waals surface area contributed by atoms with Gasteiger partial charge in [0.25, 0.3) is 5.56 Å². The van der Waals surface area contributed by atoms with Crippen LogP contribution in [-0.2, 0) is 10.5 Å². The largest absolute Gasteiger partial charge is 0.497 e. The highest BCUT2D eigenvalue weighted by molar-refractivity contribution is 7.99. The molecule has 1 aromatic carbocycles. The van der Waals surface area contributed by atoms with Crippen LogP contribution in [0.1, 0.15) is 23.2 Å². The molecule has 0 aliphatic heterocycles. The summed E-state index contributed by atoms with van der Waals surface area (Å²) in [4.78, 5) is 34.1. The molecule has 0 aliphatic carbocycles. The van der Waals surface area contributed by atoms with E-state index in [1.165, 1.54) is 23.1 Å². The van der Waals surface area contributed by atoms with Crippen LogP contribution in [0.25, 0.3) is 10.2 Å². The maximum Gasteiger partial charge on any atom is 0.259 e. The van der Waals surface area contributed by atoms with Gasteiger partial charge in [-0.1, -0.05) is 0 Å². The molecule has 3 rings (SSSR count). The smallest absolute Gasteiger partial charge is 0.259 e. The van der Waals surface area contributed by atoms with Crippen molar-refractivity contribution >= 4 is 44.9 Å². The summed E-state index contributed by atoms with van der Waals surface area (Å²) < 4.78 is 10.4. The van der Waals surface area contributed by atoms with Crippen LogP contribution in [0, 0.1) is 13.8 Å². The number of carbonyl (C=O) groups is 1. The fraction of sp³-hybridized carbons (Fsp3) is 0.350. The number of aromatic nitrogens is 2. The summed E-state index contributed by atoms with van der Waals surface area (Å²) in [5.74, 6) is 2.03. The molecule has 0 fully saturated rings. The van der Waals surface area contributed by atoms with E-state index in [0.29, 0.717) is 34.1 Å². The molecule has 0 spiro atoms. The van der Waals surface area contributed by atoms with Gasteiger partial charge in [-0.3, -0.25) is 9.59 Å². The summed E-state index contributed by atoms with van der Waals surface area (Å²) in [7, 11) is 3.11.